The van der Waals surface area contributed by atoms with E-state index in [1.807, 2.05) is 7.05 Å². The lowest BCUT2D eigenvalue weighted by Crippen LogP contribution is -2.39. The zero-order valence-electron chi connectivity index (χ0n) is 7.35. The lowest BCUT2D eigenvalue weighted by atomic mass is 9.98. The highest BCUT2D eigenvalue weighted by Crippen LogP contribution is 2.16. The van der Waals surface area contributed by atoms with E-state index in [1.54, 1.807) is 4.90 Å². The maximum Gasteiger partial charge on any atom is 0.209 e. The van der Waals surface area contributed by atoms with Crippen LogP contribution in [0.3, 0.4) is 0 Å². The van der Waals surface area contributed by atoms with Crippen LogP contribution in [-0.4, -0.2) is 23.9 Å². The summed E-state index contributed by atoms with van der Waals surface area (Å²) in [4.78, 5) is 12.1. The zero-order valence-corrected chi connectivity index (χ0v) is 7.35. The van der Waals surface area contributed by atoms with E-state index in [4.69, 9.17) is 0 Å². The van der Waals surface area contributed by atoms with Gasteiger partial charge < -0.3 is 4.90 Å². The van der Waals surface area contributed by atoms with E-state index < -0.39 is 0 Å². The van der Waals surface area contributed by atoms with Gasteiger partial charge in [0.05, 0.1) is 0 Å². The number of nitrogens with zero attached hydrogens (tertiary/aromatic N) is 1. The molecule has 0 fully saturated rings. The number of hydrogen-bond acceptors (Lipinski definition) is 1. The lowest BCUT2D eigenvalue weighted by Gasteiger charge is -2.32. The predicted octanol–water partition coefficient (Wildman–Crippen LogP) is 1.65. The van der Waals surface area contributed by atoms with Crippen LogP contribution in [0.4, 0.5) is 0 Å². The maximum atomic E-state index is 10.4. The molecule has 0 heterocycles. The fraction of sp³-hybridized carbons (Fsp3) is 0.875. The molecule has 0 aromatic rings. The molecule has 2 nitrogen and oxygen atoms in total. The Hall–Kier alpha value is -0.530. The molecule has 0 atom stereocenters. The number of hydrogen-bond donors (Lipinski definition) is 0. The van der Waals surface area contributed by atoms with Crippen molar-refractivity contribution >= 4 is 6.41 Å². The first-order valence-corrected chi connectivity index (χ1v) is 3.73. The summed E-state index contributed by atoms with van der Waals surface area (Å²) in [6, 6.07) is 0. The average molecular weight is 143 g/mol. The minimum Gasteiger partial charge on any atom is -0.343 e. The van der Waals surface area contributed by atoms with Crippen LogP contribution in [0.2, 0.25) is 0 Å². The van der Waals surface area contributed by atoms with Crippen molar-refractivity contribution in [3.8, 4) is 0 Å². The minimum atomic E-state index is 0.0243. The van der Waals surface area contributed by atoms with Crippen molar-refractivity contribution in [2.45, 2.75) is 39.2 Å². The van der Waals surface area contributed by atoms with Crippen LogP contribution in [0, 0.1) is 0 Å². The third-order valence-electron chi connectivity index (χ3n) is 1.97. The van der Waals surface area contributed by atoms with E-state index in [2.05, 4.69) is 20.8 Å². The van der Waals surface area contributed by atoms with Crippen molar-refractivity contribution in [1.82, 2.24) is 4.90 Å². The third kappa shape index (κ3) is 2.38. The van der Waals surface area contributed by atoms with Crippen LogP contribution >= 0.6 is 0 Å². The molecule has 2 heteroatoms. The Morgan fingerprint density at radius 2 is 2.00 bits per heavy atom. The van der Waals surface area contributed by atoms with Crippen LogP contribution in [0.25, 0.3) is 0 Å². The summed E-state index contributed by atoms with van der Waals surface area (Å²) < 4.78 is 0. The molecule has 0 aromatic heterocycles. The second kappa shape index (κ2) is 3.59. The first kappa shape index (κ1) is 9.47. The second-order valence-electron chi connectivity index (χ2n) is 3.28. The molecule has 0 aliphatic carbocycles. The third-order valence-corrected chi connectivity index (χ3v) is 1.97. The highest BCUT2D eigenvalue weighted by Gasteiger charge is 2.20. The number of rotatable bonds is 4. The molecule has 0 unspecified atom stereocenters. The Bertz CT molecular complexity index is 110. The van der Waals surface area contributed by atoms with Gasteiger partial charge >= 0.3 is 0 Å². The molecule has 0 rings (SSSR count). The summed E-state index contributed by atoms with van der Waals surface area (Å²) in [5.41, 5.74) is 0.0243. The predicted molar refractivity (Wildman–Crippen MR) is 42.8 cm³/mol. The molecule has 0 aliphatic heterocycles. The fourth-order valence-electron chi connectivity index (χ4n) is 0.931. The summed E-state index contributed by atoms with van der Waals surface area (Å²) >= 11 is 0. The van der Waals surface area contributed by atoms with Crippen molar-refractivity contribution in [3.05, 3.63) is 0 Å². The Labute approximate surface area is 63.2 Å². The monoisotopic (exact) mass is 143 g/mol. The summed E-state index contributed by atoms with van der Waals surface area (Å²) in [7, 11) is 1.82. The molecule has 60 valence electrons. The Balaban J connectivity index is 3.94. The van der Waals surface area contributed by atoms with E-state index in [0.717, 1.165) is 19.3 Å². The van der Waals surface area contributed by atoms with Gasteiger partial charge in [-0.2, -0.15) is 0 Å². The Morgan fingerprint density at radius 1 is 1.50 bits per heavy atom. The Morgan fingerprint density at radius 3 is 2.30 bits per heavy atom. The van der Waals surface area contributed by atoms with Gasteiger partial charge in [0.25, 0.3) is 0 Å². The van der Waals surface area contributed by atoms with E-state index in [1.165, 1.54) is 0 Å². The van der Waals surface area contributed by atoms with Crippen LogP contribution < -0.4 is 0 Å². The first-order chi connectivity index (χ1) is 4.54. The molecule has 10 heavy (non-hydrogen) atoms. The summed E-state index contributed by atoms with van der Waals surface area (Å²) in [5.74, 6) is 0. The van der Waals surface area contributed by atoms with Crippen LogP contribution in [0.15, 0.2) is 0 Å². The van der Waals surface area contributed by atoms with Gasteiger partial charge in [0.15, 0.2) is 0 Å². The van der Waals surface area contributed by atoms with Crippen molar-refractivity contribution in [2.75, 3.05) is 7.05 Å². The van der Waals surface area contributed by atoms with Gasteiger partial charge in [0, 0.05) is 12.6 Å². The molecule has 0 spiro atoms. The van der Waals surface area contributed by atoms with Crippen molar-refractivity contribution in [3.63, 3.8) is 0 Å². The molecule has 0 N–H and O–H groups in total. The smallest absolute Gasteiger partial charge is 0.209 e. The van der Waals surface area contributed by atoms with Crippen molar-refractivity contribution < 1.29 is 4.79 Å². The highest BCUT2D eigenvalue weighted by atomic mass is 16.1. The number of carbonyl (C=O) groups is 1. The zero-order chi connectivity index (χ0) is 8.20. The summed E-state index contributed by atoms with van der Waals surface area (Å²) in [5, 5.41) is 0. The van der Waals surface area contributed by atoms with E-state index >= 15 is 0 Å². The SMILES string of the molecule is CCCC(C)(C)N(C)C=O. The van der Waals surface area contributed by atoms with Crippen molar-refractivity contribution in [2.24, 2.45) is 0 Å². The first-order valence-electron chi connectivity index (χ1n) is 3.73. The van der Waals surface area contributed by atoms with Gasteiger partial charge in [-0.3, -0.25) is 4.79 Å². The molecular formula is C8H17NO. The maximum absolute atomic E-state index is 10.4. The van der Waals surface area contributed by atoms with Gasteiger partial charge in [-0.15, -0.1) is 0 Å². The van der Waals surface area contributed by atoms with Crippen LogP contribution in [-0.2, 0) is 4.79 Å². The molecule has 0 saturated heterocycles. The Kier molecular flexibility index (Phi) is 3.40. The van der Waals surface area contributed by atoms with E-state index in [0.29, 0.717) is 0 Å². The van der Waals surface area contributed by atoms with Gasteiger partial charge in [-0.05, 0) is 20.3 Å². The molecule has 0 aliphatic rings. The standard InChI is InChI=1S/C8H17NO/c1-5-6-8(2,3)9(4)7-10/h7H,5-6H2,1-4H3. The molecular weight excluding hydrogens is 126 g/mol. The van der Waals surface area contributed by atoms with Gasteiger partial charge in [0.2, 0.25) is 6.41 Å². The second-order valence-corrected chi connectivity index (χ2v) is 3.28. The largest absolute Gasteiger partial charge is 0.343 e. The normalized spacial score (nSPS) is 11.2. The summed E-state index contributed by atoms with van der Waals surface area (Å²) in [6.45, 7) is 6.27. The average Bonchev–Trinajstić information content (AvgIpc) is 1.86. The van der Waals surface area contributed by atoms with Crippen molar-refractivity contribution in [1.29, 1.82) is 0 Å². The molecule has 1 amide bonds. The minimum absolute atomic E-state index is 0.0243. The molecule has 0 aromatic carbocycles. The lowest BCUT2D eigenvalue weighted by molar-refractivity contribution is -0.121. The fourth-order valence-corrected chi connectivity index (χ4v) is 0.931. The molecule has 0 bridgehead atoms. The number of amides is 1. The van der Waals surface area contributed by atoms with E-state index in [9.17, 15) is 4.79 Å². The number of carbonyl (C=O) groups excluding carboxylic acids is 1. The van der Waals surface area contributed by atoms with Gasteiger partial charge in [-0.25, -0.2) is 0 Å². The van der Waals surface area contributed by atoms with Gasteiger partial charge in [0.1, 0.15) is 0 Å². The van der Waals surface area contributed by atoms with E-state index in [-0.39, 0.29) is 5.54 Å². The topological polar surface area (TPSA) is 20.3 Å². The quantitative estimate of drug-likeness (QED) is 0.548. The molecule has 0 radical (unpaired) electrons. The van der Waals surface area contributed by atoms with Gasteiger partial charge in [-0.1, -0.05) is 13.3 Å². The molecule has 0 saturated carbocycles. The van der Waals surface area contributed by atoms with Crippen LogP contribution in [0.5, 0.6) is 0 Å². The highest BCUT2D eigenvalue weighted by molar-refractivity contribution is 5.47. The van der Waals surface area contributed by atoms with Crippen LogP contribution in [0.1, 0.15) is 33.6 Å². The summed E-state index contributed by atoms with van der Waals surface area (Å²) in [6.07, 6.45) is 3.06.